The standard InChI is InChI=1S/C16H23N5O3S/c1-12(2)20-10-15(17-11-20)25(23,24)19-13-5-7-14(8-6-13)21-16(22)4-3-9-18-21/h3-4,9-14,19H,5-8H2,1-2H3. The number of rotatable bonds is 5. The molecule has 0 bridgehead atoms. The second kappa shape index (κ2) is 7.09. The van der Waals surface area contributed by atoms with E-state index in [9.17, 15) is 13.2 Å². The molecule has 3 rings (SSSR count). The Balaban J connectivity index is 1.63. The monoisotopic (exact) mass is 365 g/mol. The fraction of sp³-hybridized carbons (Fsp3) is 0.562. The highest BCUT2D eigenvalue weighted by molar-refractivity contribution is 7.89. The van der Waals surface area contributed by atoms with Crippen molar-refractivity contribution < 1.29 is 8.42 Å². The molecule has 0 spiro atoms. The summed E-state index contributed by atoms with van der Waals surface area (Å²) in [6, 6.07) is 3.14. The van der Waals surface area contributed by atoms with Crippen LogP contribution in [-0.4, -0.2) is 33.8 Å². The minimum Gasteiger partial charge on any atom is -0.334 e. The van der Waals surface area contributed by atoms with Crippen molar-refractivity contribution in [2.75, 3.05) is 0 Å². The van der Waals surface area contributed by atoms with Gasteiger partial charge in [0.25, 0.3) is 15.6 Å². The number of sulfonamides is 1. The van der Waals surface area contributed by atoms with Gasteiger partial charge in [-0.3, -0.25) is 4.79 Å². The van der Waals surface area contributed by atoms with Gasteiger partial charge < -0.3 is 4.57 Å². The average Bonchev–Trinajstić information content (AvgIpc) is 3.07. The highest BCUT2D eigenvalue weighted by atomic mass is 32.2. The van der Waals surface area contributed by atoms with Crippen molar-refractivity contribution in [1.82, 2.24) is 24.1 Å². The third-order valence-corrected chi connectivity index (χ3v) is 5.96. The number of hydrogen-bond acceptors (Lipinski definition) is 5. The zero-order valence-corrected chi connectivity index (χ0v) is 15.2. The van der Waals surface area contributed by atoms with Crippen LogP contribution in [0.1, 0.15) is 51.6 Å². The molecular formula is C16H23N5O3S. The van der Waals surface area contributed by atoms with Crippen molar-refractivity contribution in [3.8, 4) is 0 Å². The first-order valence-electron chi connectivity index (χ1n) is 8.46. The Kier molecular flexibility index (Phi) is 5.05. The maximum atomic E-state index is 12.5. The van der Waals surface area contributed by atoms with Crippen LogP contribution >= 0.6 is 0 Å². The van der Waals surface area contributed by atoms with Gasteiger partial charge in [-0.05, 0) is 45.6 Å². The van der Waals surface area contributed by atoms with E-state index < -0.39 is 10.0 Å². The van der Waals surface area contributed by atoms with Crippen LogP contribution in [0.3, 0.4) is 0 Å². The maximum Gasteiger partial charge on any atom is 0.266 e. The smallest absolute Gasteiger partial charge is 0.266 e. The van der Waals surface area contributed by atoms with Crippen LogP contribution in [0, 0.1) is 0 Å². The van der Waals surface area contributed by atoms with E-state index in [4.69, 9.17) is 0 Å². The van der Waals surface area contributed by atoms with Gasteiger partial charge in [-0.15, -0.1) is 0 Å². The Hall–Kier alpha value is -2.00. The molecule has 9 heteroatoms. The minimum absolute atomic E-state index is 0.0228. The molecule has 0 unspecified atom stereocenters. The summed E-state index contributed by atoms with van der Waals surface area (Å²) in [5.41, 5.74) is -0.120. The second-order valence-electron chi connectivity index (χ2n) is 6.69. The lowest BCUT2D eigenvalue weighted by Crippen LogP contribution is -2.39. The molecular weight excluding hydrogens is 342 g/mol. The maximum absolute atomic E-state index is 12.5. The predicted molar refractivity (Wildman–Crippen MR) is 92.7 cm³/mol. The molecule has 1 saturated carbocycles. The average molecular weight is 365 g/mol. The summed E-state index contributed by atoms with van der Waals surface area (Å²) in [5, 5.41) is 4.17. The molecule has 0 amide bonds. The molecule has 0 aliphatic heterocycles. The van der Waals surface area contributed by atoms with Gasteiger partial charge in [0, 0.05) is 30.5 Å². The molecule has 0 atom stereocenters. The van der Waals surface area contributed by atoms with E-state index in [-0.39, 0.29) is 28.7 Å². The molecule has 1 aliphatic rings. The highest BCUT2D eigenvalue weighted by Gasteiger charge is 2.28. The Morgan fingerprint density at radius 2 is 1.96 bits per heavy atom. The lowest BCUT2D eigenvalue weighted by Gasteiger charge is -2.28. The lowest BCUT2D eigenvalue weighted by molar-refractivity contribution is 0.285. The number of aromatic nitrogens is 4. The summed E-state index contributed by atoms with van der Waals surface area (Å²) in [4.78, 5) is 15.9. The molecule has 0 aromatic carbocycles. The molecule has 0 saturated heterocycles. The topological polar surface area (TPSA) is 98.9 Å². The normalized spacial score (nSPS) is 21.6. The Labute approximate surface area is 146 Å². The molecule has 8 nitrogen and oxygen atoms in total. The van der Waals surface area contributed by atoms with Crippen LogP contribution in [-0.2, 0) is 10.0 Å². The first-order valence-corrected chi connectivity index (χ1v) is 9.95. The van der Waals surface area contributed by atoms with E-state index in [0.29, 0.717) is 25.7 Å². The van der Waals surface area contributed by atoms with E-state index in [0.717, 1.165) is 0 Å². The van der Waals surface area contributed by atoms with Crippen molar-refractivity contribution in [2.45, 2.75) is 62.7 Å². The molecule has 1 aliphatic carbocycles. The minimum atomic E-state index is -3.63. The van der Waals surface area contributed by atoms with Gasteiger partial charge in [0.15, 0.2) is 5.03 Å². The largest absolute Gasteiger partial charge is 0.334 e. The molecule has 2 aromatic rings. The van der Waals surface area contributed by atoms with Crippen LogP contribution in [0.15, 0.2) is 40.7 Å². The van der Waals surface area contributed by atoms with Crippen molar-refractivity contribution in [2.24, 2.45) is 0 Å². The first-order chi connectivity index (χ1) is 11.9. The zero-order chi connectivity index (χ0) is 18.0. The van der Waals surface area contributed by atoms with E-state index in [2.05, 4.69) is 14.8 Å². The van der Waals surface area contributed by atoms with Crippen molar-refractivity contribution >= 4 is 10.0 Å². The zero-order valence-electron chi connectivity index (χ0n) is 14.4. The SMILES string of the molecule is CC(C)n1cnc(S(=O)(=O)NC2CCC(n3ncccc3=O)CC2)c1. The lowest BCUT2D eigenvalue weighted by atomic mass is 9.92. The van der Waals surface area contributed by atoms with E-state index in [1.54, 1.807) is 23.0 Å². The first kappa shape index (κ1) is 17.8. The highest BCUT2D eigenvalue weighted by Crippen LogP contribution is 2.27. The molecule has 25 heavy (non-hydrogen) atoms. The molecule has 1 fully saturated rings. The van der Waals surface area contributed by atoms with Gasteiger partial charge >= 0.3 is 0 Å². The predicted octanol–water partition coefficient (Wildman–Crippen LogP) is 1.48. The Morgan fingerprint density at radius 3 is 2.56 bits per heavy atom. The van der Waals surface area contributed by atoms with Crippen LogP contribution in [0.2, 0.25) is 0 Å². The third kappa shape index (κ3) is 3.98. The van der Waals surface area contributed by atoms with Gasteiger partial charge in [-0.2, -0.15) is 5.10 Å². The Morgan fingerprint density at radius 1 is 1.24 bits per heavy atom. The van der Waals surface area contributed by atoms with Gasteiger partial charge in [0.2, 0.25) is 0 Å². The fourth-order valence-electron chi connectivity index (χ4n) is 3.10. The van der Waals surface area contributed by atoms with Crippen LogP contribution < -0.4 is 10.3 Å². The molecule has 2 heterocycles. The van der Waals surface area contributed by atoms with Gasteiger partial charge in [-0.1, -0.05) is 0 Å². The quantitative estimate of drug-likeness (QED) is 0.865. The molecule has 136 valence electrons. The van der Waals surface area contributed by atoms with Crippen molar-refractivity contribution in [1.29, 1.82) is 0 Å². The summed E-state index contributed by atoms with van der Waals surface area (Å²) in [6.45, 7) is 3.93. The summed E-state index contributed by atoms with van der Waals surface area (Å²) in [7, 11) is -3.63. The van der Waals surface area contributed by atoms with E-state index >= 15 is 0 Å². The van der Waals surface area contributed by atoms with Crippen molar-refractivity contribution in [3.63, 3.8) is 0 Å². The number of nitrogens with one attached hydrogen (secondary N) is 1. The second-order valence-corrected chi connectivity index (χ2v) is 8.35. The third-order valence-electron chi connectivity index (χ3n) is 4.56. The van der Waals surface area contributed by atoms with Crippen LogP contribution in [0.4, 0.5) is 0 Å². The summed E-state index contributed by atoms with van der Waals surface area (Å²) in [6.07, 6.45) is 7.43. The Bertz CT molecular complexity index is 879. The van der Waals surface area contributed by atoms with Crippen LogP contribution in [0.5, 0.6) is 0 Å². The van der Waals surface area contributed by atoms with Crippen molar-refractivity contribution in [3.05, 3.63) is 41.2 Å². The molecule has 1 N–H and O–H groups in total. The van der Waals surface area contributed by atoms with Gasteiger partial charge in [0.1, 0.15) is 0 Å². The summed E-state index contributed by atoms with van der Waals surface area (Å²) >= 11 is 0. The van der Waals surface area contributed by atoms with Gasteiger partial charge in [0.05, 0.1) is 12.4 Å². The fourth-order valence-corrected chi connectivity index (χ4v) is 4.34. The molecule has 0 radical (unpaired) electrons. The molecule has 2 aromatic heterocycles. The summed E-state index contributed by atoms with van der Waals surface area (Å²) < 4.78 is 31.0. The van der Waals surface area contributed by atoms with Gasteiger partial charge in [-0.25, -0.2) is 22.8 Å². The summed E-state index contributed by atoms with van der Waals surface area (Å²) in [5.74, 6) is 0. The number of nitrogens with zero attached hydrogens (tertiary/aromatic N) is 4. The number of imidazole rings is 1. The van der Waals surface area contributed by atoms with Crippen LogP contribution in [0.25, 0.3) is 0 Å². The van der Waals surface area contributed by atoms with E-state index in [1.807, 2.05) is 13.8 Å². The number of hydrogen-bond donors (Lipinski definition) is 1. The van der Waals surface area contributed by atoms with E-state index in [1.165, 1.54) is 17.1 Å².